The minimum Gasteiger partial charge on any atom is -0.353 e. The lowest BCUT2D eigenvalue weighted by Crippen LogP contribution is -2.33. The molecule has 0 unspecified atom stereocenters. The topological polar surface area (TPSA) is 74.8 Å². The van der Waals surface area contributed by atoms with Gasteiger partial charge in [0.15, 0.2) is 5.16 Å². The van der Waals surface area contributed by atoms with Gasteiger partial charge in [-0.3, -0.25) is 9.59 Å². The fraction of sp³-hybridized carbons (Fsp3) is 0.588. The second-order valence-corrected chi connectivity index (χ2v) is 8.65. The van der Waals surface area contributed by atoms with Crippen molar-refractivity contribution < 1.29 is 4.79 Å². The van der Waals surface area contributed by atoms with E-state index in [0.717, 1.165) is 42.3 Å². The molecule has 0 aliphatic heterocycles. The normalized spacial score (nSPS) is 18.0. The van der Waals surface area contributed by atoms with Gasteiger partial charge < -0.3 is 10.3 Å². The maximum atomic E-state index is 12.5. The van der Waals surface area contributed by atoms with Crippen LogP contribution in [-0.2, 0) is 17.6 Å². The van der Waals surface area contributed by atoms with Crippen LogP contribution in [0.5, 0.6) is 0 Å². The quantitative estimate of drug-likeness (QED) is 0.647. The van der Waals surface area contributed by atoms with Gasteiger partial charge in [0.1, 0.15) is 4.83 Å². The molecule has 1 saturated carbocycles. The predicted molar refractivity (Wildman–Crippen MR) is 98.0 cm³/mol. The SMILES string of the molecule is O=C(CSc1nc2sc3c(c2c(=O)[nH]1)CCCC3)NC1CCCC1. The summed E-state index contributed by atoms with van der Waals surface area (Å²) < 4.78 is 0. The molecule has 2 aliphatic carbocycles. The molecule has 1 fully saturated rings. The number of hydrogen-bond acceptors (Lipinski definition) is 5. The second kappa shape index (κ2) is 6.88. The van der Waals surface area contributed by atoms with E-state index in [-0.39, 0.29) is 11.5 Å². The Balaban J connectivity index is 1.48. The maximum absolute atomic E-state index is 12.5. The molecule has 7 heteroatoms. The molecule has 2 heterocycles. The molecule has 4 rings (SSSR count). The highest BCUT2D eigenvalue weighted by molar-refractivity contribution is 7.99. The van der Waals surface area contributed by atoms with E-state index in [1.54, 1.807) is 11.3 Å². The van der Waals surface area contributed by atoms with Gasteiger partial charge >= 0.3 is 0 Å². The molecule has 1 amide bonds. The van der Waals surface area contributed by atoms with E-state index in [9.17, 15) is 9.59 Å². The van der Waals surface area contributed by atoms with Crippen LogP contribution in [0.25, 0.3) is 10.2 Å². The number of thioether (sulfide) groups is 1. The number of carbonyl (C=O) groups excluding carboxylic acids is 1. The van der Waals surface area contributed by atoms with Crippen LogP contribution in [0.15, 0.2) is 9.95 Å². The number of rotatable bonds is 4. The minimum absolute atomic E-state index is 0.0279. The van der Waals surface area contributed by atoms with E-state index >= 15 is 0 Å². The fourth-order valence-electron chi connectivity index (χ4n) is 3.69. The van der Waals surface area contributed by atoms with Crippen molar-refractivity contribution in [1.29, 1.82) is 0 Å². The van der Waals surface area contributed by atoms with E-state index < -0.39 is 0 Å². The molecule has 0 bridgehead atoms. The zero-order valence-electron chi connectivity index (χ0n) is 13.5. The van der Waals surface area contributed by atoms with Crippen molar-refractivity contribution in [2.75, 3.05) is 5.75 Å². The molecule has 0 spiro atoms. The van der Waals surface area contributed by atoms with Crippen LogP contribution in [0.3, 0.4) is 0 Å². The molecular weight excluding hydrogens is 342 g/mol. The third-order valence-corrected chi connectivity index (χ3v) is 6.92. The third-order valence-electron chi connectivity index (χ3n) is 4.86. The summed E-state index contributed by atoms with van der Waals surface area (Å²) in [5.74, 6) is 0.330. The third kappa shape index (κ3) is 3.24. The van der Waals surface area contributed by atoms with Gasteiger partial charge in [-0.1, -0.05) is 24.6 Å². The Hall–Kier alpha value is -1.34. The van der Waals surface area contributed by atoms with Gasteiger partial charge in [0, 0.05) is 10.9 Å². The highest BCUT2D eigenvalue weighted by Gasteiger charge is 2.21. The Labute approximate surface area is 148 Å². The molecule has 2 aromatic rings. The molecule has 2 aliphatic rings. The first-order chi connectivity index (χ1) is 11.7. The number of fused-ring (bicyclic) bond motifs is 3. The first kappa shape index (κ1) is 16.1. The molecule has 0 saturated heterocycles. The number of nitrogens with zero attached hydrogens (tertiary/aromatic N) is 1. The van der Waals surface area contributed by atoms with E-state index in [1.807, 2.05) is 0 Å². The van der Waals surface area contributed by atoms with Crippen LogP contribution >= 0.6 is 23.1 Å². The van der Waals surface area contributed by atoms with Gasteiger partial charge in [0.05, 0.1) is 11.1 Å². The number of aromatic amines is 1. The summed E-state index contributed by atoms with van der Waals surface area (Å²) in [6.45, 7) is 0. The molecule has 24 heavy (non-hydrogen) atoms. The first-order valence-electron chi connectivity index (χ1n) is 8.67. The Bertz CT molecular complexity index is 821. The van der Waals surface area contributed by atoms with Crippen LogP contribution in [0.4, 0.5) is 0 Å². The molecular formula is C17H21N3O2S2. The molecule has 2 N–H and O–H groups in total. The predicted octanol–water partition coefficient (Wildman–Crippen LogP) is 3.01. The van der Waals surface area contributed by atoms with E-state index in [2.05, 4.69) is 15.3 Å². The Morgan fingerprint density at radius 1 is 1.25 bits per heavy atom. The molecule has 0 radical (unpaired) electrons. The van der Waals surface area contributed by atoms with Crippen LogP contribution in [0.1, 0.15) is 49.0 Å². The first-order valence-corrected chi connectivity index (χ1v) is 10.5. The number of carbonyl (C=O) groups is 1. The van der Waals surface area contributed by atoms with Crippen molar-refractivity contribution in [2.24, 2.45) is 0 Å². The lowest BCUT2D eigenvalue weighted by atomic mass is 9.97. The summed E-state index contributed by atoms with van der Waals surface area (Å²) in [6.07, 6.45) is 8.95. The summed E-state index contributed by atoms with van der Waals surface area (Å²) in [5, 5.41) is 4.39. The van der Waals surface area contributed by atoms with Gasteiger partial charge in [-0.25, -0.2) is 4.98 Å². The molecule has 5 nitrogen and oxygen atoms in total. The lowest BCUT2D eigenvalue weighted by molar-refractivity contribution is -0.119. The van der Waals surface area contributed by atoms with Crippen LogP contribution in [0.2, 0.25) is 0 Å². The van der Waals surface area contributed by atoms with Crippen molar-refractivity contribution in [3.05, 3.63) is 20.8 Å². The number of nitrogens with one attached hydrogen (secondary N) is 2. The largest absolute Gasteiger partial charge is 0.353 e. The average Bonchev–Trinajstić information content (AvgIpc) is 3.19. The van der Waals surface area contributed by atoms with Gasteiger partial charge in [-0.05, 0) is 44.1 Å². The summed E-state index contributed by atoms with van der Waals surface area (Å²) >= 11 is 2.96. The van der Waals surface area contributed by atoms with Crippen molar-refractivity contribution in [3.8, 4) is 0 Å². The van der Waals surface area contributed by atoms with E-state index in [1.165, 1.54) is 41.5 Å². The van der Waals surface area contributed by atoms with Crippen LogP contribution in [-0.4, -0.2) is 27.7 Å². The summed E-state index contributed by atoms with van der Waals surface area (Å²) in [7, 11) is 0. The summed E-state index contributed by atoms with van der Waals surface area (Å²) in [6, 6.07) is 0.330. The standard InChI is InChI=1S/C17H21N3O2S2/c21-13(18-10-5-1-2-6-10)9-23-17-19-15(22)14-11-7-3-4-8-12(11)24-16(14)20-17/h10H,1-9H2,(H,18,21)(H,19,20,22). The molecule has 2 aromatic heterocycles. The minimum atomic E-state index is -0.0573. The monoisotopic (exact) mass is 363 g/mol. The van der Waals surface area contributed by atoms with Crippen molar-refractivity contribution in [2.45, 2.75) is 62.6 Å². The van der Waals surface area contributed by atoms with Crippen LogP contribution < -0.4 is 10.9 Å². The number of aryl methyl sites for hydroxylation is 2. The van der Waals surface area contributed by atoms with E-state index in [0.29, 0.717) is 17.0 Å². The van der Waals surface area contributed by atoms with Gasteiger partial charge in [0.2, 0.25) is 5.91 Å². The van der Waals surface area contributed by atoms with Crippen LogP contribution in [0, 0.1) is 0 Å². The smallest absolute Gasteiger partial charge is 0.260 e. The van der Waals surface area contributed by atoms with Crippen molar-refractivity contribution in [3.63, 3.8) is 0 Å². The molecule has 0 aromatic carbocycles. The highest BCUT2D eigenvalue weighted by Crippen LogP contribution is 2.34. The zero-order chi connectivity index (χ0) is 16.5. The fourth-order valence-corrected chi connectivity index (χ4v) is 5.68. The zero-order valence-corrected chi connectivity index (χ0v) is 15.2. The number of aromatic nitrogens is 2. The Morgan fingerprint density at radius 3 is 2.88 bits per heavy atom. The number of H-pyrrole nitrogens is 1. The van der Waals surface area contributed by atoms with Crippen molar-refractivity contribution in [1.82, 2.24) is 15.3 Å². The van der Waals surface area contributed by atoms with Crippen molar-refractivity contribution >= 4 is 39.2 Å². The number of amides is 1. The lowest BCUT2D eigenvalue weighted by Gasteiger charge is -2.11. The number of thiophene rings is 1. The molecule has 128 valence electrons. The van der Waals surface area contributed by atoms with Gasteiger partial charge in [-0.15, -0.1) is 11.3 Å². The average molecular weight is 364 g/mol. The van der Waals surface area contributed by atoms with Gasteiger partial charge in [0.25, 0.3) is 5.56 Å². The van der Waals surface area contributed by atoms with Gasteiger partial charge in [-0.2, -0.15) is 0 Å². The Morgan fingerprint density at radius 2 is 2.04 bits per heavy atom. The van der Waals surface area contributed by atoms with E-state index in [4.69, 9.17) is 0 Å². The maximum Gasteiger partial charge on any atom is 0.260 e. The summed E-state index contributed by atoms with van der Waals surface area (Å²) in [4.78, 5) is 34.1. The second-order valence-electron chi connectivity index (χ2n) is 6.60. The molecule has 0 atom stereocenters. The summed E-state index contributed by atoms with van der Waals surface area (Å²) in [5.41, 5.74) is 1.14. The highest BCUT2D eigenvalue weighted by atomic mass is 32.2. The Kier molecular flexibility index (Phi) is 4.63. The number of hydrogen-bond donors (Lipinski definition) is 2.